The molecular weight excluding hydrogens is 427 g/mol. The number of hydrogen-bond acceptors (Lipinski definition) is 5. The van der Waals surface area contributed by atoms with Crippen molar-refractivity contribution in [3.63, 3.8) is 0 Å². The lowest BCUT2D eigenvalue weighted by Gasteiger charge is -2.11. The molecule has 0 bridgehead atoms. The number of nitrogens with zero attached hydrogens (tertiary/aromatic N) is 3. The Bertz CT molecular complexity index is 1250. The molecule has 0 spiro atoms. The summed E-state index contributed by atoms with van der Waals surface area (Å²) < 4.78 is 46.2. The fourth-order valence-electron chi connectivity index (χ4n) is 3.13. The molecule has 0 saturated heterocycles. The summed E-state index contributed by atoms with van der Waals surface area (Å²) in [6.07, 6.45) is -4.51. The molecule has 4 aromatic rings. The third-order valence-electron chi connectivity index (χ3n) is 4.51. The molecular formula is C22H16F3N3O2S. The summed E-state index contributed by atoms with van der Waals surface area (Å²) in [5.41, 5.74) is 0.583. The topological polar surface area (TPSA) is 60.9 Å². The summed E-state index contributed by atoms with van der Waals surface area (Å²) in [4.78, 5) is 13.9. The van der Waals surface area contributed by atoms with E-state index < -0.39 is 11.7 Å². The first-order valence-corrected chi connectivity index (χ1v) is 10.0. The third-order valence-corrected chi connectivity index (χ3v) is 5.40. The normalized spacial score (nSPS) is 11.6. The van der Waals surface area contributed by atoms with Crippen LogP contribution in [0.15, 0.2) is 70.1 Å². The zero-order valence-corrected chi connectivity index (χ0v) is 17.3. The van der Waals surface area contributed by atoms with Crippen LogP contribution in [0.1, 0.15) is 27.4 Å². The molecule has 0 atom stereocenters. The van der Waals surface area contributed by atoms with Crippen molar-refractivity contribution < 1.29 is 22.5 Å². The minimum absolute atomic E-state index is 0.164. The number of aromatic nitrogens is 3. The van der Waals surface area contributed by atoms with Gasteiger partial charge >= 0.3 is 6.18 Å². The predicted octanol–water partition coefficient (Wildman–Crippen LogP) is 6.10. The lowest BCUT2D eigenvalue weighted by atomic mass is 10.1. The first-order chi connectivity index (χ1) is 14.7. The molecule has 4 rings (SSSR count). The number of alkyl halides is 3. The van der Waals surface area contributed by atoms with E-state index >= 15 is 0 Å². The first-order valence-electron chi connectivity index (χ1n) is 9.22. The van der Waals surface area contributed by atoms with E-state index in [1.165, 1.54) is 16.8 Å². The maximum atomic E-state index is 13.3. The second-order valence-electron chi connectivity index (χ2n) is 6.79. The molecule has 31 heavy (non-hydrogen) atoms. The van der Waals surface area contributed by atoms with E-state index in [0.717, 1.165) is 28.8 Å². The minimum atomic E-state index is -4.51. The third kappa shape index (κ3) is 4.27. The Balaban J connectivity index is 1.88. The van der Waals surface area contributed by atoms with Gasteiger partial charge in [0.05, 0.1) is 22.5 Å². The van der Waals surface area contributed by atoms with Gasteiger partial charge in [0.1, 0.15) is 17.1 Å². The summed E-state index contributed by atoms with van der Waals surface area (Å²) in [5.74, 6) is 0.499. The van der Waals surface area contributed by atoms with Gasteiger partial charge in [0.15, 0.2) is 0 Å². The lowest BCUT2D eigenvalue weighted by Crippen LogP contribution is -2.07. The van der Waals surface area contributed by atoms with Gasteiger partial charge in [-0.2, -0.15) is 18.3 Å². The lowest BCUT2D eigenvalue weighted by molar-refractivity contribution is -0.137. The van der Waals surface area contributed by atoms with Crippen molar-refractivity contribution >= 4 is 16.9 Å². The molecule has 2 aromatic carbocycles. The molecule has 0 N–H and O–H groups in total. The Morgan fingerprint density at radius 3 is 2.42 bits per heavy atom. The van der Waals surface area contributed by atoms with E-state index in [0.29, 0.717) is 17.1 Å². The average Bonchev–Trinajstić information content (AvgIpc) is 3.31. The van der Waals surface area contributed by atoms with E-state index in [2.05, 4.69) is 10.3 Å². The Hall–Kier alpha value is -3.33. The van der Waals surface area contributed by atoms with Crippen molar-refractivity contribution in [3.05, 3.63) is 83.2 Å². The molecule has 0 radical (unpaired) electrons. The molecule has 0 aliphatic carbocycles. The average molecular weight is 443 g/mol. The second kappa shape index (κ2) is 8.07. The van der Waals surface area contributed by atoms with Crippen LogP contribution < -0.4 is 0 Å². The number of halogens is 3. The molecule has 158 valence electrons. The van der Waals surface area contributed by atoms with Crippen molar-refractivity contribution in [1.29, 1.82) is 0 Å². The molecule has 0 unspecified atom stereocenters. The van der Waals surface area contributed by atoms with Crippen LogP contribution in [-0.2, 0) is 6.18 Å². The van der Waals surface area contributed by atoms with Crippen molar-refractivity contribution in [1.82, 2.24) is 14.9 Å². The number of rotatable bonds is 4. The predicted molar refractivity (Wildman–Crippen MR) is 110 cm³/mol. The monoisotopic (exact) mass is 443 g/mol. The second-order valence-corrected chi connectivity index (χ2v) is 7.84. The molecule has 0 aliphatic heterocycles. The minimum Gasteiger partial charge on any atom is -0.361 e. The number of hydrogen-bond donors (Lipinski definition) is 0. The Kier molecular flexibility index (Phi) is 5.45. The highest BCUT2D eigenvalue weighted by Crippen LogP contribution is 2.35. The highest BCUT2D eigenvalue weighted by atomic mass is 32.2. The van der Waals surface area contributed by atoms with Crippen LogP contribution in [0.4, 0.5) is 13.2 Å². The first kappa shape index (κ1) is 20.9. The van der Waals surface area contributed by atoms with Crippen LogP contribution in [-0.4, -0.2) is 20.1 Å². The maximum Gasteiger partial charge on any atom is 0.416 e. The molecule has 0 amide bonds. The fraction of sp³-hybridized carbons (Fsp3) is 0.136. The van der Waals surface area contributed by atoms with Gasteiger partial charge in [-0.15, -0.1) is 0 Å². The standard InChI is InChI=1S/C22H16F3N3O2S/c1-13-11-18(27-30-13)20-19(21(29)31-17-9-4-3-5-10-17)14(2)26-28(20)16-8-6-7-15(12-16)22(23,24)25/h3-12H,1-2H3. The van der Waals surface area contributed by atoms with Crippen molar-refractivity contribution in [2.45, 2.75) is 24.9 Å². The SMILES string of the molecule is Cc1cc(-c2c(C(=O)Sc3ccccc3)c(C)nn2-c2cccc(C(F)(F)F)c2)no1. The Morgan fingerprint density at radius 2 is 1.77 bits per heavy atom. The summed E-state index contributed by atoms with van der Waals surface area (Å²) in [6.45, 7) is 3.33. The van der Waals surface area contributed by atoms with Crippen LogP contribution >= 0.6 is 11.8 Å². The zero-order valence-electron chi connectivity index (χ0n) is 16.5. The quantitative estimate of drug-likeness (QED) is 0.357. The maximum absolute atomic E-state index is 13.3. The van der Waals surface area contributed by atoms with E-state index in [-0.39, 0.29) is 22.1 Å². The summed E-state index contributed by atoms with van der Waals surface area (Å²) in [7, 11) is 0. The smallest absolute Gasteiger partial charge is 0.361 e. The highest BCUT2D eigenvalue weighted by Gasteiger charge is 2.32. The van der Waals surface area contributed by atoms with E-state index in [9.17, 15) is 18.0 Å². The van der Waals surface area contributed by atoms with Crippen molar-refractivity contribution in [3.8, 4) is 17.1 Å². The van der Waals surface area contributed by atoms with Crippen LogP contribution in [0.3, 0.4) is 0 Å². The van der Waals surface area contributed by atoms with Gasteiger partial charge in [-0.1, -0.05) is 29.4 Å². The largest absolute Gasteiger partial charge is 0.416 e. The summed E-state index contributed by atoms with van der Waals surface area (Å²) in [5, 5.41) is 8.08. The molecule has 2 heterocycles. The van der Waals surface area contributed by atoms with Crippen LogP contribution in [0.5, 0.6) is 0 Å². The molecule has 2 aromatic heterocycles. The molecule has 0 aliphatic rings. The van der Waals surface area contributed by atoms with Gasteiger partial charge in [0.25, 0.3) is 0 Å². The van der Waals surface area contributed by atoms with Crippen LogP contribution in [0, 0.1) is 13.8 Å². The van der Waals surface area contributed by atoms with Gasteiger partial charge < -0.3 is 4.52 Å². The molecule has 0 fully saturated rings. The number of carbonyl (C=O) groups excluding carboxylic acids is 1. The number of benzene rings is 2. The van der Waals surface area contributed by atoms with Crippen LogP contribution in [0.25, 0.3) is 17.1 Å². The number of aryl methyl sites for hydroxylation is 2. The van der Waals surface area contributed by atoms with E-state index in [1.54, 1.807) is 32.0 Å². The van der Waals surface area contributed by atoms with Gasteiger partial charge in [-0.25, -0.2) is 4.68 Å². The Morgan fingerprint density at radius 1 is 1.03 bits per heavy atom. The summed E-state index contributed by atoms with van der Waals surface area (Å²) >= 11 is 1.01. The fourth-order valence-corrected chi connectivity index (χ4v) is 3.99. The Labute approximate surface area is 179 Å². The molecule has 9 heteroatoms. The van der Waals surface area contributed by atoms with Gasteiger partial charge in [-0.3, -0.25) is 4.79 Å². The number of thioether (sulfide) groups is 1. The number of carbonyl (C=O) groups is 1. The van der Waals surface area contributed by atoms with Crippen molar-refractivity contribution in [2.75, 3.05) is 0 Å². The van der Waals surface area contributed by atoms with Crippen LogP contribution in [0.2, 0.25) is 0 Å². The van der Waals surface area contributed by atoms with Gasteiger partial charge in [0, 0.05) is 11.0 Å². The highest BCUT2D eigenvalue weighted by molar-refractivity contribution is 8.14. The van der Waals surface area contributed by atoms with Gasteiger partial charge in [-0.05, 0) is 55.9 Å². The van der Waals surface area contributed by atoms with Gasteiger partial charge in [0.2, 0.25) is 5.12 Å². The van der Waals surface area contributed by atoms with Crippen molar-refractivity contribution in [2.24, 2.45) is 0 Å². The van der Waals surface area contributed by atoms with E-state index in [4.69, 9.17) is 4.52 Å². The molecule has 5 nitrogen and oxygen atoms in total. The zero-order chi connectivity index (χ0) is 22.2. The van der Waals surface area contributed by atoms with E-state index in [1.807, 2.05) is 18.2 Å². The summed E-state index contributed by atoms with van der Waals surface area (Å²) in [6, 6.07) is 15.5. The molecule has 0 saturated carbocycles.